The second-order valence-electron chi connectivity index (χ2n) is 1.32. The fourth-order valence-corrected chi connectivity index (χ4v) is 1.07. The van der Waals surface area contributed by atoms with Gasteiger partial charge in [0.1, 0.15) is 0 Å². The minimum atomic E-state index is 0.634. The molecule has 0 aliphatic heterocycles. The van der Waals surface area contributed by atoms with Crippen LogP contribution < -0.4 is 0 Å². The molecule has 0 saturated heterocycles. The van der Waals surface area contributed by atoms with E-state index in [0.29, 0.717) is 5.71 Å². The molecule has 0 aliphatic rings. The molecule has 4 heteroatoms. The van der Waals surface area contributed by atoms with Crippen molar-refractivity contribution in [2.24, 2.45) is 0 Å². The molecule has 0 unspecified atom stereocenters. The Morgan fingerprint density at radius 1 is 1.50 bits per heavy atom. The molecule has 0 aromatic carbocycles. The minimum absolute atomic E-state index is 0.634. The fraction of sp³-hybridized carbons (Fsp3) is 0. The Morgan fingerprint density at radius 2 is 2.50 bits per heavy atom. The lowest BCUT2D eigenvalue weighted by Gasteiger charge is -1.61. The van der Waals surface area contributed by atoms with Gasteiger partial charge in [-0.15, -0.1) is 0 Å². The molecule has 0 aliphatic carbocycles. The maximum Gasteiger partial charge on any atom is 0.258 e. The number of rotatable bonds is 0. The van der Waals surface area contributed by atoms with Gasteiger partial charge in [0.05, 0.1) is 5.51 Å². The van der Waals surface area contributed by atoms with Gasteiger partial charge >= 0.3 is 0 Å². The Hall–Kier alpha value is -0.900. The van der Waals surface area contributed by atoms with E-state index >= 15 is 0 Å². The van der Waals surface area contributed by atoms with Crippen molar-refractivity contribution >= 4 is 21.9 Å². The number of fused-ring (bicyclic) bond motifs is 1. The highest BCUT2D eigenvalue weighted by Gasteiger charge is 1.96. The first-order valence-corrected chi connectivity index (χ1v) is 2.97. The summed E-state index contributed by atoms with van der Waals surface area (Å²) < 4.78 is 4.85. The zero-order chi connectivity index (χ0) is 5.40. The average molecular weight is 126 g/mol. The summed E-state index contributed by atoms with van der Waals surface area (Å²) >= 11 is 1.48. The molecule has 0 spiro atoms. The van der Waals surface area contributed by atoms with Crippen molar-refractivity contribution in [2.75, 3.05) is 0 Å². The quantitative estimate of drug-likeness (QED) is 0.533. The molecular formula is C4H2N2OS. The van der Waals surface area contributed by atoms with Crippen LogP contribution in [0.1, 0.15) is 0 Å². The van der Waals surface area contributed by atoms with Crippen molar-refractivity contribution in [3.63, 3.8) is 0 Å². The van der Waals surface area contributed by atoms with Crippen LogP contribution in [0.25, 0.3) is 10.5 Å². The Bertz CT molecular complexity index is 235. The zero-order valence-electron chi connectivity index (χ0n) is 3.87. The molecule has 2 aromatic heterocycles. The maximum atomic E-state index is 4.85. The SMILES string of the molecule is c1nc2scnc2o1. The highest BCUT2D eigenvalue weighted by molar-refractivity contribution is 7.16. The summed E-state index contributed by atoms with van der Waals surface area (Å²) in [4.78, 5) is 8.60. The van der Waals surface area contributed by atoms with Crippen LogP contribution in [0.3, 0.4) is 0 Å². The lowest BCUT2D eigenvalue weighted by Crippen LogP contribution is -1.51. The Kier molecular flexibility index (Phi) is 0.648. The van der Waals surface area contributed by atoms with Gasteiger partial charge in [-0.25, -0.2) is 9.97 Å². The van der Waals surface area contributed by atoms with Crippen LogP contribution in [-0.4, -0.2) is 9.97 Å². The minimum Gasteiger partial charge on any atom is -0.424 e. The lowest BCUT2D eigenvalue weighted by atomic mass is 10.9. The van der Waals surface area contributed by atoms with E-state index in [2.05, 4.69) is 9.97 Å². The van der Waals surface area contributed by atoms with Crippen molar-refractivity contribution in [3.05, 3.63) is 11.9 Å². The molecular weight excluding hydrogens is 124 g/mol. The summed E-state index contributed by atoms with van der Waals surface area (Å²) in [7, 11) is 0. The first-order chi connectivity index (χ1) is 3.97. The highest BCUT2D eigenvalue weighted by atomic mass is 32.1. The molecule has 0 saturated carbocycles. The third kappa shape index (κ3) is 0.376. The van der Waals surface area contributed by atoms with E-state index in [4.69, 9.17) is 4.42 Å². The van der Waals surface area contributed by atoms with Crippen LogP contribution in [0.5, 0.6) is 0 Å². The molecule has 0 fully saturated rings. The zero-order valence-corrected chi connectivity index (χ0v) is 4.68. The third-order valence-electron chi connectivity index (χ3n) is 0.852. The standard InChI is InChI=1S/C4H2N2OS/c1-5-4-3(7-1)6-2-8-4/h1-2H. The lowest BCUT2D eigenvalue weighted by molar-refractivity contribution is 0.591. The second-order valence-corrected chi connectivity index (χ2v) is 2.15. The topological polar surface area (TPSA) is 38.9 Å². The number of oxazole rings is 1. The second kappa shape index (κ2) is 1.29. The maximum absolute atomic E-state index is 4.85. The van der Waals surface area contributed by atoms with Crippen molar-refractivity contribution in [2.45, 2.75) is 0 Å². The highest BCUT2D eigenvalue weighted by Crippen LogP contribution is 2.13. The third-order valence-corrected chi connectivity index (χ3v) is 1.57. The Balaban J connectivity index is 3.06. The normalized spacial score (nSPS) is 10.5. The predicted octanol–water partition coefficient (Wildman–Crippen LogP) is 1.28. The van der Waals surface area contributed by atoms with Crippen LogP contribution in [0.4, 0.5) is 0 Å². The molecule has 2 aromatic rings. The molecule has 0 N–H and O–H groups in total. The van der Waals surface area contributed by atoms with Crippen LogP contribution in [0.2, 0.25) is 0 Å². The molecule has 2 heterocycles. The number of nitrogens with zero attached hydrogens (tertiary/aromatic N) is 2. The summed E-state index contributed by atoms with van der Waals surface area (Å²) in [6, 6.07) is 0. The molecule has 40 valence electrons. The van der Waals surface area contributed by atoms with Gasteiger partial charge in [0, 0.05) is 0 Å². The van der Waals surface area contributed by atoms with E-state index in [-0.39, 0.29) is 0 Å². The molecule has 0 bridgehead atoms. The van der Waals surface area contributed by atoms with E-state index in [1.54, 1.807) is 5.51 Å². The predicted molar refractivity (Wildman–Crippen MR) is 29.7 cm³/mol. The van der Waals surface area contributed by atoms with Gasteiger partial charge in [-0.3, -0.25) is 0 Å². The number of thiazole rings is 1. The van der Waals surface area contributed by atoms with Crippen LogP contribution in [0.15, 0.2) is 16.3 Å². The van der Waals surface area contributed by atoms with Crippen LogP contribution >= 0.6 is 11.3 Å². The summed E-state index contributed by atoms with van der Waals surface area (Å²) in [6.07, 6.45) is 1.40. The molecule has 3 nitrogen and oxygen atoms in total. The van der Waals surface area contributed by atoms with Crippen molar-refractivity contribution < 1.29 is 4.42 Å². The summed E-state index contributed by atoms with van der Waals surface area (Å²) in [6.45, 7) is 0. The van der Waals surface area contributed by atoms with Gasteiger partial charge in [-0.1, -0.05) is 11.3 Å². The van der Waals surface area contributed by atoms with Gasteiger partial charge in [0.25, 0.3) is 5.71 Å². The van der Waals surface area contributed by atoms with Crippen molar-refractivity contribution in [3.8, 4) is 0 Å². The largest absolute Gasteiger partial charge is 0.424 e. The van der Waals surface area contributed by atoms with Crippen LogP contribution in [-0.2, 0) is 0 Å². The van der Waals surface area contributed by atoms with E-state index in [0.717, 1.165) is 4.83 Å². The summed E-state index contributed by atoms with van der Waals surface area (Å²) in [5.41, 5.74) is 2.34. The van der Waals surface area contributed by atoms with Gasteiger partial charge in [0.15, 0.2) is 11.2 Å². The molecule has 0 atom stereocenters. The van der Waals surface area contributed by atoms with E-state index in [9.17, 15) is 0 Å². The number of aromatic nitrogens is 2. The first-order valence-electron chi connectivity index (χ1n) is 2.09. The van der Waals surface area contributed by atoms with E-state index in [1.165, 1.54) is 17.7 Å². The summed E-state index contributed by atoms with van der Waals surface area (Å²) in [5, 5.41) is 0. The van der Waals surface area contributed by atoms with Crippen molar-refractivity contribution in [1.82, 2.24) is 9.97 Å². The fourth-order valence-electron chi connectivity index (χ4n) is 0.520. The van der Waals surface area contributed by atoms with Crippen LogP contribution in [0, 0.1) is 0 Å². The Labute approximate surface area is 49.0 Å². The van der Waals surface area contributed by atoms with Crippen molar-refractivity contribution in [1.29, 1.82) is 0 Å². The van der Waals surface area contributed by atoms with E-state index < -0.39 is 0 Å². The molecule has 2 rings (SSSR count). The smallest absolute Gasteiger partial charge is 0.258 e. The van der Waals surface area contributed by atoms with Gasteiger partial charge in [-0.05, 0) is 0 Å². The van der Waals surface area contributed by atoms with Gasteiger partial charge in [0.2, 0.25) is 0 Å². The molecule has 0 radical (unpaired) electrons. The van der Waals surface area contributed by atoms with Gasteiger partial charge in [-0.2, -0.15) is 0 Å². The molecule has 0 amide bonds. The summed E-state index contributed by atoms with van der Waals surface area (Å²) in [5.74, 6) is 0. The number of hydrogen-bond donors (Lipinski definition) is 0. The monoisotopic (exact) mass is 126 g/mol. The first kappa shape index (κ1) is 4.03. The van der Waals surface area contributed by atoms with Gasteiger partial charge < -0.3 is 4.42 Å². The Morgan fingerprint density at radius 3 is 3.38 bits per heavy atom. The molecule has 8 heavy (non-hydrogen) atoms. The number of hydrogen-bond acceptors (Lipinski definition) is 4. The van der Waals surface area contributed by atoms with E-state index in [1.807, 2.05) is 0 Å². The average Bonchev–Trinajstić information content (AvgIpc) is 2.15.